The quantitative estimate of drug-likeness (QED) is 0.760. The lowest BCUT2D eigenvalue weighted by atomic mass is 10.0. The van der Waals surface area contributed by atoms with Gasteiger partial charge in [-0.2, -0.15) is 0 Å². The highest BCUT2D eigenvalue weighted by atomic mass is 32.1. The largest absolute Gasteiger partial charge is 0.478 e. The average Bonchev–Trinajstić information content (AvgIpc) is 2.91. The molecule has 3 rings (SSSR count). The van der Waals surface area contributed by atoms with Crippen LogP contribution in [0.4, 0.5) is 0 Å². The van der Waals surface area contributed by atoms with E-state index in [1.807, 2.05) is 24.3 Å². The number of hydrogen-bond donors (Lipinski definition) is 1. The van der Waals surface area contributed by atoms with Gasteiger partial charge in [0.05, 0.1) is 16.0 Å². The van der Waals surface area contributed by atoms with E-state index in [0.717, 1.165) is 21.2 Å². The first-order valence-corrected chi connectivity index (χ1v) is 6.28. The van der Waals surface area contributed by atoms with Crippen LogP contribution in [0.5, 0.6) is 0 Å². The fourth-order valence-corrected chi connectivity index (χ4v) is 2.63. The Hall–Kier alpha value is -2.20. The fourth-order valence-electron chi connectivity index (χ4n) is 1.97. The van der Waals surface area contributed by atoms with Gasteiger partial charge in [-0.15, -0.1) is 11.3 Å². The highest BCUT2D eigenvalue weighted by molar-refractivity contribution is 7.13. The second-order valence-electron chi connectivity index (χ2n) is 3.91. The zero-order valence-electron chi connectivity index (χ0n) is 9.33. The number of nitrogens with zero attached hydrogens (tertiary/aromatic N) is 1. The molecule has 4 heteroatoms. The van der Waals surface area contributed by atoms with E-state index in [1.54, 1.807) is 35.2 Å². The van der Waals surface area contributed by atoms with Crippen LogP contribution in [0, 0.1) is 0 Å². The second-order valence-corrected chi connectivity index (χ2v) is 4.80. The molecule has 0 atom stereocenters. The summed E-state index contributed by atoms with van der Waals surface area (Å²) in [6, 6.07) is 11.1. The molecule has 0 unspecified atom stereocenters. The van der Waals surface area contributed by atoms with Crippen LogP contribution in [0.1, 0.15) is 10.4 Å². The Kier molecular flexibility index (Phi) is 2.57. The summed E-state index contributed by atoms with van der Waals surface area (Å²) in [5, 5.41) is 11.0. The molecular weight excluding hydrogens is 246 g/mol. The topological polar surface area (TPSA) is 50.2 Å². The summed E-state index contributed by atoms with van der Waals surface area (Å²) in [7, 11) is 0. The van der Waals surface area contributed by atoms with Crippen LogP contribution in [0.3, 0.4) is 0 Å². The van der Waals surface area contributed by atoms with Crippen LogP contribution in [0.2, 0.25) is 0 Å². The molecule has 1 heterocycles. The summed E-state index contributed by atoms with van der Waals surface area (Å²) in [4.78, 5) is 16.1. The molecule has 0 spiro atoms. The van der Waals surface area contributed by atoms with E-state index in [1.165, 1.54) is 0 Å². The van der Waals surface area contributed by atoms with Crippen molar-refractivity contribution in [1.29, 1.82) is 0 Å². The molecule has 0 amide bonds. The van der Waals surface area contributed by atoms with Crippen LogP contribution in [-0.2, 0) is 0 Å². The predicted octanol–water partition coefficient (Wildman–Crippen LogP) is 3.66. The number of aromatic nitrogens is 1. The van der Waals surface area contributed by atoms with E-state index in [9.17, 15) is 4.79 Å². The first kappa shape index (κ1) is 10.9. The molecule has 1 aromatic heterocycles. The SMILES string of the molecule is O=C(O)c1ccc2cccc(-c3cncs3)c2c1. The third-order valence-electron chi connectivity index (χ3n) is 2.83. The highest BCUT2D eigenvalue weighted by Gasteiger charge is 2.08. The molecule has 0 fully saturated rings. The maximum atomic E-state index is 11.0. The summed E-state index contributed by atoms with van der Waals surface area (Å²) in [6.07, 6.45) is 1.80. The van der Waals surface area contributed by atoms with E-state index in [2.05, 4.69) is 4.98 Å². The van der Waals surface area contributed by atoms with Crippen molar-refractivity contribution in [2.75, 3.05) is 0 Å². The van der Waals surface area contributed by atoms with E-state index in [0.29, 0.717) is 5.56 Å². The first-order chi connectivity index (χ1) is 8.75. The molecule has 0 radical (unpaired) electrons. The van der Waals surface area contributed by atoms with E-state index < -0.39 is 5.97 Å². The van der Waals surface area contributed by atoms with Crippen LogP contribution < -0.4 is 0 Å². The molecule has 0 saturated heterocycles. The van der Waals surface area contributed by atoms with Crippen LogP contribution >= 0.6 is 11.3 Å². The minimum atomic E-state index is -0.906. The predicted molar refractivity (Wildman–Crippen MR) is 72.0 cm³/mol. The van der Waals surface area contributed by atoms with Gasteiger partial charge in [-0.05, 0) is 22.9 Å². The number of carboxylic acids is 1. The molecule has 88 valence electrons. The number of rotatable bonds is 2. The van der Waals surface area contributed by atoms with Gasteiger partial charge in [-0.25, -0.2) is 4.79 Å². The summed E-state index contributed by atoms with van der Waals surface area (Å²) in [6.45, 7) is 0. The minimum Gasteiger partial charge on any atom is -0.478 e. The van der Waals surface area contributed by atoms with E-state index in [4.69, 9.17) is 5.11 Å². The zero-order chi connectivity index (χ0) is 12.5. The van der Waals surface area contributed by atoms with Gasteiger partial charge in [0.1, 0.15) is 0 Å². The maximum Gasteiger partial charge on any atom is 0.335 e. The maximum absolute atomic E-state index is 11.0. The first-order valence-electron chi connectivity index (χ1n) is 5.40. The molecule has 3 nitrogen and oxygen atoms in total. The Morgan fingerprint density at radius 2 is 2.11 bits per heavy atom. The zero-order valence-corrected chi connectivity index (χ0v) is 10.1. The van der Waals surface area contributed by atoms with Crippen LogP contribution in [0.25, 0.3) is 21.2 Å². The summed E-state index contributed by atoms with van der Waals surface area (Å²) < 4.78 is 0. The summed E-state index contributed by atoms with van der Waals surface area (Å²) in [5.74, 6) is -0.906. The Labute approximate surface area is 107 Å². The van der Waals surface area contributed by atoms with Crippen molar-refractivity contribution in [2.45, 2.75) is 0 Å². The van der Waals surface area contributed by atoms with Crippen molar-refractivity contribution in [3.8, 4) is 10.4 Å². The van der Waals surface area contributed by atoms with Gasteiger partial charge in [0.15, 0.2) is 0 Å². The lowest BCUT2D eigenvalue weighted by molar-refractivity contribution is 0.0697. The van der Waals surface area contributed by atoms with Gasteiger partial charge in [0.25, 0.3) is 0 Å². The van der Waals surface area contributed by atoms with Crippen molar-refractivity contribution in [1.82, 2.24) is 4.98 Å². The van der Waals surface area contributed by atoms with Gasteiger partial charge in [0.2, 0.25) is 0 Å². The Morgan fingerprint density at radius 3 is 2.83 bits per heavy atom. The molecule has 0 saturated carbocycles. The van der Waals surface area contributed by atoms with Crippen molar-refractivity contribution in [3.63, 3.8) is 0 Å². The number of fused-ring (bicyclic) bond motifs is 1. The fraction of sp³-hybridized carbons (Fsp3) is 0. The average molecular weight is 255 g/mol. The smallest absolute Gasteiger partial charge is 0.335 e. The van der Waals surface area contributed by atoms with Crippen LogP contribution in [0.15, 0.2) is 48.1 Å². The van der Waals surface area contributed by atoms with Gasteiger partial charge >= 0.3 is 5.97 Å². The lowest BCUT2D eigenvalue weighted by Gasteiger charge is -2.05. The minimum absolute atomic E-state index is 0.305. The van der Waals surface area contributed by atoms with E-state index >= 15 is 0 Å². The van der Waals surface area contributed by atoms with Crippen molar-refractivity contribution in [2.24, 2.45) is 0 Å². The standard InChI is InChI=1S/C14H9NO2S/c16-14(17)10-5-4-9-2-1-3-11(12(9)6-10)13-7-15-8-18-13/h1-8H,(H,16,17). The number of carboxylic acid groups (broad SMARTS) is 1. The second kappa shape index (κ2) is 4.23. The van der Waals surface area contributed by atoms with Gasteiger partial charge in [-0.1, -0.05) is 24.3 Å². The van der Waals surface area contributed by atoms with Crippen LogP contribution in [-0.4, -0.2) is 16.1 Å². The molecule has 0 aliphatic rings. The Bertz CT molecular complexity index is 720. The molecule has 2 aromatic carbocycles. The Morgan fingerprint density at radius 1 is 1.22 bits per heavy atom. The highest BCUT2D eigenvalue weighted by Crippen LogP contribution is 2.31. The van der Waals surface area contributed by atoms with Gasteiger partial charge in [-0.3, -0.25) is 4.98 Å². The number of benzene rings is 2. The van der Waals surface area contributed by atoms with E-state index in [-0.39, 0.29) is 0 Å². The Balaban J connectivity index is 2.31. The van der Waals surface area contributed by atoms with Crippen molar-refractivity contribution >= 4 is 28.1 Å². The molecule has 3 aromatic rings. The molecule has 18 heavy (non-hydrogen) atoms. The third-order valence-corrected chi connectivity index (χ3v) is 3.63. The van der Waals surface area contributed by atoms with Gasteiger partial charge < -0.3 is 5.11 Å². The monoisotopic (exact) mass is 255 g/mol. The molecule has 0 aliphatic heterocycles. The number of hydrogen-bond acceptors (Lipinski definition) is 3. The van der Waals surface area contributed by atoms with Gasteiger partial charge in [0, 0.05) is 11.8 Å². The molecule has 1 N–H and O–H groups in total. The lowest BCUT2D eigenvalue weighted by Crippen LogP contribution is -1.95. The normalized spacial score (nSPS) is 10.7. The third kappa shape index (κ3) is 1.76. The molecular formula is C14H9NO2S. The number of thiazole rings is 1. The number of aromatic carboxylic acids is 1. The number of carbonyl (C=O) groups is 1. The summed E-state index contributed by atoms with van der Waals surface area (Å²) in [5.41, 5.74) is 3.10. The summed E-state index contributed by atoms with van der Waals surface area (Å²) >= 11 is 1.55. The molecule has 0 bridgehead atoms. The van der Waals surface area contributed by atoms with Crippen molar-refractivity contribution < 1.29 is 9.90 Å². The van der Waals surface area contributed by atoms with Crippen molar-refractivity contribution in [3.05, 3.63) is 53.7 Å². The molecule has 0 aliphatic carbocycles.